The van der Waals surface area contributed by atoms with Crippen LogP contribution in [0, 0.1) is 0 Å². The van der Waals surface area contributed by atoms with Gasteiger partial charge in [0.15, 0.2) is 5.82 Å². The molecule has 0 bridgehead atoms. The molecule has 0 aliphatic carbocycles. The summed E-state index contributed by atoms with van der Waals surface area (Å²) in [6.07, 6.45) is 4.17. The summed E-state index contributed by atoms with van der Waals surface area (Å²) in [5.74, 6) is 1.20. The van der Waals surface area contributed by atoms with Gasteiger partial charge in [0, 0.05) is 36.5 Å². The fourth-order valence-corrected chi connectivity index (χ4v) is 2.50. The molecule has 7 heteroatoms. The SMILES string of the molecule is O=c1ccncn1CCc1nc(Cc2cccs2)no1. The monoisotopic (exact) mass is 288 g/mol. The van der Waals surface area contributed by atoms with Crippen molar-refractivity contribution in [3.8, 4) is 0 Å². The van der Waals surface area contributed by atoms with E-state index in [0.717, 1.165) is 0 Å². The second-order valence-electron chi connectivity index (χ2n) is 4.22. The standard InChI is InChI=1S/C13H12N4O2S/c18-13-3-5-14-9-17(13)6-4-12-15-11(16-19-12)8-10-2-1-7-20-10/h1-3,5,7,9H,4,6,8H2. The highest BCUT2D eigenvalue weighted by Gasteiger charge is 2.08. The molecule has 0 aliphatic heterocycles. The van der Waals surface area contributed by atoms with Crippen LogP contribution in [-0.2, 0) is 19.4 Å². The second kappa shape index (κ2) is 5.79. The molecule has 0 amide bonds. The van der Waals surface area contributed by atoms with Gasteiger partial charge in [-0.3, -0.25) is 9.36 Å². The minimum atomic E-state index is -0.0849. The normalized spacial score (nSPS) is 10.8. The van der Waals surface area contributed by atoms with Gasteiger partial charge >= 0.3 is 0 Å². The molecule has 0 fully saturated rings. The Hall–Kier alpha value is -2.28. The highest BCUT2D eigenvalue weighted by molar-refractivity contribution is 7.09. The van der Waals surface area contributed by atoms with Crippen LogP contribution in [-0.4, -0.2) is 19.7 Å². The molecular formula is C13H12N4O2S. The molecular weight excluding hydrogens is 276 g/mol. The Labute approximate surface area is 118 Å². The van der Waals surface area contributed by atoms with Crippen molar-refractivity contribution in [2.24, 2.45) is 0 Å². The van der Waals surface area contributed by atoms with Gasteiger partial charge in [0.25, 0.3) is 5.56 Å². The molecule has 0 saturated heterocycles. The Morgan fingerprint density at radius 2 is 2.30 bits per heavy atom. The van der Waals surface area contributed by atoms with Gasteiger partial charge < -0.3 is 4.52 Å². The summed E-state index contributed by atoms with van der Waals surface area (Å²) in [5, 5.41) is 5.96. The summed E-state index contributed by atoms with van der Waals surface area (Å²) in [5.41, 5.74) is -0.0849. The van der Waals surface area contributed by atoms with Crippen molar-refractivity contribution in [1.82, 2.24) is 19.7 Å². The van der Waals surface area contributed by atoms with Crippen LogP contribution >= 0.6 is 11.3 Å². The number of aryl methyl sites for hydroxylation is 2. The number of hydrogen-bond donors (Lipinski definition) is 0. The van der Waals surface area contributed by atoms with Crippen LogP contribution in [0.5, 0.6) is 0 Å². The summed E-state index contributed by atoms with van der Waals surface area (Å²) in [6, 6.07) is 5.46. The van der Waals surface area contributed by atoms with Gasteiger partial charge in [-0.25, -0.2) is 4.98 Å². The zero-order chi connectivity index (χ0) is 13.8. The Morgan fingerprint density at radius 3 is 3.10 bits per heavy atom. The Bertz CT molecular complexity index is 733. The quantitative estimate of drug-likeness (QED) is 0.711. The molecule has 0 saturated carbocycles. The maximum atomic E-state index is 11.5. The van der Waals surface area contributed by atoms with Crippen LogP contribution in [0.4, 0.5) is 0 Å². The van der Waals surface area contributed by atoms with E-state index in [2.05, 4.69) is 15.1 Å². The first kappa shape index (κ1) is 12.7. The molecule has 3 rings (SSSR count). The molecule has 20 heavy (non-hydrogen) atoms. The molecule has 0 spiro atoms. The molecule has 6 nitrogen and oxygen atoms in total. The molecule has 0 aliphatic rings. The van der Waals surface area contributed by atoms with Crippen molar-refractivity contribution in [2.75, 3.05) is 0 Å². The van der Waals surface area contributed by atoms with Gasteiger partial charge in [-0.15, -0.1) is 11.3 Å². The lowest BCUT2D eigenvalue weighted by Crippen LogP contribution is -2.19. The molecule has 0 atom stereocenters. The zero-order valence-electron chi connectivity index (χ0n) is 10.6. The Balaban J connectivity index is 1.63. The van der Waals surface area contributed by atoms with Crippen LogP contribution in [0.25, 0.3) is 0 Å². The van der Waals surface area contributed by atoms with Crippen molar-refractivity contribution in [2.45, 2.75) is 19.4 Å². The minimum absolute atomic E-state index is 0.0849. The summed E-state index contributed by atoms with van der Waals surface area (Å²) in [7, 11) is 0. The molecule has 3 aromatic heterocycles. The largest absolute Gasteiger partial charge is 0.339 e. The van der Waals surface area contributed by atoms with E-state index in [0.29, 0.717) is 31.1 Å². The summed E-state index contributed by atoms with van der Waals surface area (Å²) in [6.45, 7) is 0.479. The Kier molecular flexibility index (Phi) is 3.69. The molecule has 3 heterocycles. The van der Waals surface area contributed by atoms with E-state index in [1.807, 2.05) is 17.5 Å². The third-order valence-corrected chi connectivity index (χ3v) is 3.66. The van der Waals surface area contributed by atoms with E-state index in [-0.39, 0.29) is 5.56 Å². The lowest BCUT2D eigenvalue weighted by Gasteiger charge is -2.00. The van der Waals surface area contributed by atoms with Crippen molar-refractivity contribution in [3.05, 3.63) is 63.0 Å². The minimum Gasteiger partial charge on any atom is -0.339 e. The van der Waals surface area contributed by atoms with Crippen LogP contribution in [0.3, 0.4) is 0 Å². The smallest absolute Gasteiger partial charge is 0.253 e. The highest BCUT2D eigenvalue weighted by atomic mass is 32.1. The molecule has 0 aromatic carbocycles. The number of aromatic nitrogens is 4. The zero-order valence-corrected chi connectivity index (χ0v) is 11.4. The maximum absolute atomic E-state index is 11.5. The number of nitrogens with zero attached hydrogens (tertiary/aromatic N) is 4. The predicted octanol–water partition coefficient (Wildman–Crippen LogP) is 1.52. The number of rotatable bonds is 5. The van der Waals surface area contributed by atoms with Crippen molar-refractivity contribution < 1.29 is 4.52 Å². The maximum Gasteiger partial charge on any atom is 0.253 e. The van der Waals surface area contributed by atoms with Gasteiger partial charge in [0.1, 0.15) is 0 Å². The van der Waals surface area contributed by atoms with E-state index in [9.17, 15) is 4.79 Å². The van der Waals surface area contributed by atoms with E-state index in [1.165, 1.54) is 28.0 Å². The molecule has 0 radical (unpaired) electrons. The first-order chi connectivity index (χ1) is 9.81. The van der Waals surface area contributed by atoms with E-state index >= 15 is 0 Å². The van der Waals surface area contributed by atoms with Crippen molar-refractivity contribution in [1.29, 1.82) is 0 Å². The second-order valence-corrected chi connectivity index (χ2v) is 5.25. The van der Waals surface area contributed by atoms with E-state index in [1.54, 1.807) is 11.3 Å². The first-order valence-corrected chi connectivity index (χ1v) is 7.03. The van der Waals surface area contributed by atoms with Gasteiger partial charge in [-0.05, 0) is 11.4 Å². The average molecular weight is 288 g/mol. The number of thiophene rings is 1. The van der Waals surface area contributed by atoms with Crippen LogP contribution in [0.2, 0.25) is 0 Å². The molecule has 0 unspecified atom stereocenters. The van der Waals surface area contributed by atoms with Gasteiger partial charge in [-0.1, -0.05) is 11.2 Å². The summed E-state index contributed by atoms with van der Waals surface area (Å²) < 4.78 is 6.70. The fourth-order valence-electron chi connectivity index (χ4n) is 1.79. The Morgan fingerprint density at radius 1 is 1.35 bits per heavy atom. The third kappa shape index (κ3) is 3.00. The topological polar surface area (TPSA) is 73.8 Å². The number of hydrogen-bond acceptors (Lipinski definition) is 6. The van der Waals surface area contributed by atoms with Crippen LogP contribution < -0.4 is 5.56 Å². The van der Waals surface area contributed by atoms with Gasteiger partial charge in [0.2, 0.25) is 5.89 Å². The molecule has 0 N–H and O–H groups in total. The predicted molar refractivity (Wildman–Crippen MR) is 73.6 cm³/mol. The lowest BCUT2D eigenvalue weighted by atomic mass is 10.3. The van der Waals surface area contributed by atoms with E-state index < -0.39 is 0 Å². The average Bonchev–Trinajstić information content (AvgIpc) is 3.10. The van der Waals surface area contributed by atoms with Crippen molar-refractivity contribution in [3.63, 3.8) is 0 Å². The molecule has 3 aromatic rings. The third-order valence-electron chi connectivity index (χ3n) is 2.78. The first-order valence-electron chi connectivity index (χ1n) is 6.15. The van der Waals surface area contributed by atoms with Gasteiger partial charge in [-0.2, -0.15) is 4.98 Å². The van der Waals surface area contributed by atoms with Crippen LogP contribution in [0.15, 0.2) is 45.4 Å². The summed E-state index contributed by atoms with van der Waals surface area (Å²) >= 11 is 1.66. The van der Waals surface area contributed by atoms with Gasteiger partial charge in [0.05, 0.1) is 6.33 Å². The highest BCUT2D eigenvalue weighted by Crippen LogP contribution is 2.13. The van der Waals surface area contributed by atoms with Crippen molar-refractivity contribution >= 4 is 11.3 Å². The lowest BCUT2D eigenvalue weighted by molar-refractivity contribution is 0.366. The van der Waals surface area contributed by atoms with E-state index in [4.69, 9.17) is 4.52 Å². The molecule has 102 valence electrons. The van der Waals surface area contributed by atoms with Crippen LogP contribution in [0.1, 0.15) is 16.6 Å². The fraction of sp³-hybridized carbons (Fsp3) is 0.231. The summed E-state index contributed by atoms with van der Waals surface area (Å²) in [4.78, 5) is 20.9.